The molecule has 1 aliphatic heterocycles. The van der Waals surface area contributed by atoms with Crippen LogP contribution in [0.5, 0.6) is 5.75 Å². The second kappa shape index (κ2) is 8.22. The van der Waals surface area contributed by atoms with Gasteiger partial charge in [0, 0.05) is 25.2 Å². The van der Waals surface area contributed by atoms with Crippen molar-refractivity contribution in [2.24, 2.45) is 4.99 Å². The lowest BCUT2D eigenvalue weighted by molar-refractivity contribution is -0.121. The van der Waals surface area contributed by atoms with Crippen molar-refractivity contribution in [2.75, 3.05) is 24.4 Å². The Morgan fingerprint density at radius 1 is 1.26 bits per heavy atom. The summed E-state index contributed by atoms with van der Waals surface area (Å²) >= 11 is 1.14. The van der Waals surface area contributed by atoms with E-state index in [0.717, 1.165) is 22.3 Å². The first-order valence-corrected chi connectivity index (χ1v) is 9.07. The van der Waals surface area contributed by atoms with Crippen LogP contribution in [-0.2, 0) is 9.59 Å². The van der Waals surface area contributed by atoms with Crippen molar-refractivity contribution in [3.8, 4) is 5.75 Å². The second-order valence-corrected chi connectivity index (χ2v) is 6.91. The van der Waals surface area contributed by atoms with Crippen LogP contribution in [0.2, 0.25) is 0 Å². The summed E-state index contributed by atoms with van der Waals surface area (Å²) in [5.74, 6) is -0.815. The number of thioether (sulfide) groups is 1. The van der Waals surface area contributed by atoms with Crippen molar-refractivity contribution < 1.29 is 18.7 Å². The number of aliphatic imine (C=N–C) groups is 1. The highest BCUT2D eigenvalue weighted by Gasteiger charge is 2.41. The van der Waals surface area contributed by atoms with E-state index in [1.165, 1.54) is 18.2 Å². The predicted octanol–water partition coefficient (Wildman–Crippen LogP) is 3.30. The van der Waals surface area contributed by atoms with Gasteiger partial charge in [-0.3, -0.25) is 14.6 Å². The van der Waals surface area contributed by atoms with Crippen LogP contribution in [0.15, 0.2) is 53.5 Å². The third kappa shape index (κ3) is 4.11. The maximum absolute atomic E-state index is 14.0. The molecule has 2 aromatic carbocycles. The molecule has 1 atom stereocenters. The number of amides is 2. The van der Waals surface area contributed by atoms with Crippen molar-refractivity contribution in [3.63, 3.8) is 0 Å². The average Bonchev–Trinajstić information content (AvgIpc) is 2.95. The van der Waals surface area contributed by atoms with Gasteiger partial charge in [0.25, 0.3) is 0 Å². The zero-order valence-corrected chi connectivity index (χ0v) is 15.6. The lowest BCUT2D eigenvalue weighted by Crippen LogP contribution is -2.32. The highest BCUT2D eigenvalue weighted by molar-refractivity contribution is 8.15. The summed E-state index contributed by atoms with van der Waals surface area (Å²) in [6.45, 7) is 0. The molecular weight excluding hydrogens is 369 g/mol. The van der Waals surface area contributed by atoms with Gasteiger partial charge in [0.05, 0.1) is 12.8 Å². The topological polar surface area (TPSA) is 71.0 Å². The largest absolute Gasteiger partial charge is 0.497 e. The summed E-state index contributed by atoms with van der Waals surface area (Å²) in [6.07, 6.45) is -0.0172. The van der Waals surface area contributed by atoms with Gasteiger partial charge in [-0.15, -0.1) is 0 Å². The van der Waals surface area contributed by atoms with Crippen molar-refractivity contribution in [2.45, 2.75) is 11.7 Å². The first-order valence-electron chi connectivity index (χ1n) is 8.19. The van der Waals surface area contributed by atoms with Gasteiger partial charge < -0.3 is 10.1 Å². The molecule has 8 heteroatoms. The maximum Gasteiger partial charge on any atom is 0.247 e. The lowest BCUT2D eigenvalue weighted by atomic mass is 10.3. The number of rotatable bonds is 4. The van der Waals surface area contributed by atoms with E-state index in [4.69, 9.17) is 4.74 Å². The zero-order valence-electron chi connectivity index (χ0n) is 14.8. The van der Waals surface area contributed by atoms with Crippen LogP contribution in [0.4, 0.5) is 15.8 Å². The number of nitrogens with one attached hydrogen (secondary N) is 1. The summed E-state index contributed by atoms with van der Waals surface area (Å²) < 4.78 is 19.2. The molecule has 1 N–H and O–H groups in total. The monoisotopic (exact) mass is 387 g/mol. The third-order valence-electron chi connectivity index (χ3n) is 3.98. The fraction of sp³-hybridized carbons (Fsp3) is 0.211. The average molecular weight is 387 g/mol. The molecule has 27 heavy (non-hydrogen) atoms. The highest BCUT2D eigenvalue weighted by atomic mass is 32.2. The van der Waals surface area contributed by atoms with Crippen LogP contribution in [0, 0.1) is 5.82 Å². The van der Waals surface area contributed by atoms with Crippen LogP contribution < -0.4 is 15.0 Å². The number of anilines is 2. The fourth-order valence-electron chi connectivity index (χ4n) is 2.68. The standard InChI is InChI=1S/C19H18FN3O3S/c1-21-19(22-12-6-5-7-13(10-12)26-2)27-16-11-17(24)23(18(16)25)15-9-4-3-8-14(15)20/h3-10,16H,11H2,1-2H3,(H,21,22)/t16-/m0/s1. The zero-order chi connectivity index (χ0) is 19.4. The molecule has 0 aliphatic carbocycles. The van der Waals surface area contributed by atoms with Gasteiger partial charge in [0.2, 0.25) is 11.8 Å². The maximum atomic E-state index is 14.0. The Morgan fingerprint density at radius 2 is 2.04 bits per heavy atom. The quantitative estimate of drug-likeness (QED) is 0.495. The Hall–Kier alpha value is -2.87. The molecule has 0 spiro atoms. The molecule has 1 aliphatic rings. The van der Waals surface area contributed by atoms with E-state index in [0.29, 0.717) is 10.9 Å². The molecule has 140 valence electrons. The molecular formula is C19H18FN3O3S. The number of carbonyl (C=O) groups excluding carboxylic acids is 2. The molecule has 6 nitrogen and oxygen atoms in total. The van der Waals surface area contributed by atoms with Gasteiger partial charge in [-0.05, 0) is 24.3 Å². The second-order valence-electron chi connectivity index (χ2n) is 5.72. The van der Waals surface area contributed by atoms with Crippen molar-refractivity contribution in [3.05, 3.63) is 54.3 Å². The van der Waals surface area contributed by atoms with E-state index in [2.05, 4.69) is 10.3 Å². The molecule has 0 unspecified atom stereocenters. The number of benzene rings is 2. The molecule has 0 aromatic heterocycles. The number of ether oxygens (including phenoxy) is 1. The molecule has 2 aromatic rings. The number of hydrogen-bond acceptors (Lipinski definition) is 5. The molecule has 0 bridgehead atoms. The van der Waals surface area contributed by atoms with E-state index >= 15 is 0 Å². The van der Waals surface area contributed by atoms with Gasteiger partial charge in [-0.2, -0.15) is 0 Å². The minimum atomic E-state index is -0.672. The normalized spacial score (nSPS) is 17.4. The van der Waals surface area contributed by atoms with E-state index < -0.39 is 22.9 Å². The number of methoxy groups -OCH3 is 1. The summed E-state index contributed by atoms with van der Waals surface area (Å²) in [5, 5.41) is 2.91. The Morgan fingerprint density at radius 3 is 2.74 bits per heavy atom. The Labute approximate surface area is 160 Å². The van der Waals surface area contributed by atoms with E-state index in [-0.39, 0.29) is 12.1 Å². The van der Waals surface area contributed by atoms with E-state index in [1.54, 1.807) is 26.3 Å². The lowest BCUT2D eigenvalue weighted by Gasteiger charge is -2.16. The summed E-state index contributed by atoms with van der Waals surface area (Å²) in [4.78, 5) is 30.1. The number of nitrogens with zero attached hydrogens (tertiary/aromatic N) is 2. The SMILES string of the molecule is CN=C(Nc1cccc(OC)c1)S[C@H]1CC(=O)N(c2ccccc2F)C1=O. The Balaban J connectivity index is 1.74. The van der Waals surface area contributed by atoms with Gasteiger partial charge in [0.1, 0.15) is 16.8 Å². The minimum absolute atomic E-state index is 0.0172. The summed E-state index contributed by atoms with van der Waals surface area (Å²) in [6, 6.07) is 13.0. The predicted molar refractivity (Wildman–Crippen MR) is 105 cm³/mol. The number of para-hydroxylation sites is 1. The first kappa shape index (κ1) is 18.9. The number of carbonyl (C=O) groups is 2. The van der Waals surface area contributed by atoms with Crippen molar-refractivity contribution in [1.29, 1.82) is 0 Å². The Kier molecular flexibility index (Phi) is 5.75. The molecule has 0 saturated carbocycles. The Bertz CT molecular complexity index is 903. The van der Waals surface area contributed by atoms with Crippen molar-refractivity contribution >= 4 is 40.1 Å². The molecule has 2 amide bonds. The van der Waals surface area contributed by atoms with Crippen LogP contribution in [0.1, 0.15) is 6.42 Å². The van der Waals surface area contributed by atoms with Crippen LogP contribution in [0.25, 0.3) is 0 Å². The molecule has 0 radical (unpaired) electrons. The van der Waals surface area contributed by atoms with Crippen LogP contribution in [-0.4, -0.2) is 36.4 Å². The van der Waals surface area contributed by atoms with Gasteiger partial charge in [0.15, 0.2) is 5.17 Å². The fourth-order valence-corrected chi connectivity index (χ4v) is 3.66. The van der Waals surface area contributed by atoms with Gasteiger partial charge >= 0.3 is 0 Å². The molecule has 3 rings (SSSR count). The molecule has 1 fully saturated rings. The minimum Gasteiger partial charge on any atom is -0.497 e. The number of hydrogen-bond donors (Lipinski definition) is 1. The first-order chi connectivity index (χ1) is 13.0. The highest BCUT2D eigenvalue weighted by Crippen LogP contribution is 2.32. The molecule has 1 heterocycles. The van der Waals surface area contributed by atoms with Crippen LogP contribution in [0.3, 0.4) is 0 Å². The number of imide groups is 1. The third-order valence-corrected chi connectivity index (χ3v) is 5.14. The number of amidine groups is 1. The van der Waals surface area contributed by atoms with Gasteiger partial charge in [-0.25, -0.2) is 9.29 Å². The summed E-state index contributed by atoms with van der Waals surface area (Å²) in [7, 11) is 3.16. The van der Waals surface area contributed by atoms with E-state index in [9.17, 15) is 14.0 Å². The number of halogens is 1. The van der Waals surface area contributed by atoms with Crippen LogP contribution >= 0.6 is 11.8 Å². The van der Waals surface area contributed by atoms with Gasteiger partial charge in [-0.1, -0.05) is 30.0 Å². The summed E-state index contributed by atoms with van der Waals surface area (Å²) in [5.41, 5.74) is 0.719. The van der Waals surface area contributed by atoms with E-state index in [1.807, 2.05) is 18.2 Å². The molecule has 1 saturated heterocycles. The smallest absolute Gasteiger partial charge is 0.247 e. The van der Waals surface area contributed by atoms with Crippen molar-refractivity contribution in [1.82, 2.24) is 0 Å².